The summed E-state index contributed by atoms with van der Waals surface area (Å²) < 4.78 is -0.508. The molecule has 74 valence electrons. The number of carbonyl (C=O) groups is 2. The molecule has 0 saturated carbocycles. The Morgan fingerprint density at radius 1 is 1.54 bits per heavy atom. The first-order chi connectivity index (χ1) is 5.84. The number of primary amides is 1. The lowest BCUT2D eigenvalue weighted by Crippen LogP contribution is -2.46. The standard InChI is InChI=1S/C7H12N2O3S/c1-7(2)3(6(11)12)9-5(13-7)4(8)10/h3,5,9H,1-2H3,(H2,8,10)(H,11,12). The van der Waals surface area contributed by atoms with Gasteiger partial charge in [-0.3, -0.25) is 14.9 Å². The molecule has 4 N–H and O–H groups in total. The Labute approximate surface area is 80.1 Å². The number of carbonyl (C=O) groups excluding carboxylic acids is 1. The summed E-state index contributed by atoms with van der Waals surface area (Å²) in [6, 6.07) is -0.727. The van der Waals surface area contributed by atoms with Crippen LogP contribution in [0.4, 0.5) is 0 Å². The second kappa shape index (κ2) is 3.19. The summed E-state index contributed by atoms with van der Waals surface area (Å²) in [6.45, 7) is 3.54. The van der Waals surface area contributed by atoms with E-state index in [0.29, 0.717) is 0 Å². The number of nitrogens with two attached hydrogens (primary N) is 1. The molecule has 0 radical (unpaired) electrons. The lowest BCUT2D eigenvalue weighted by molar-refractivity contribution is -0.139. The molecule has 1 aliphatic heterocycles. The van der Waals surface area contributed by atoms with Crippen molar-refractivity contribution in [3.63, 3.8) is 0 Å². The summed E-state index contributed by atoms with van der Waals surface area (Å²) in [7, 11) is 0. The third-order valence-electron chi connectivity index (χ3n) is 1.94. The molecule has 0 aromatic carbocycles. The fourth-order valence-corrected chi connectivity index (χ4v) is 2.50. The zero-order valence-electron chi connectivity index (χ0n) is 7.40. The predicted octanol–water partition coefficient (Wildman–Crippen LogP) is -0.634. The minimum atomic E-state index is -0.957. The van der Waals surface area contributed by atoms with E-state index in [1.807, 2.05) is 0 Å². The summed E-state index contributed by atoms with van der Waals surface area (Å²) >= 11 is 1.25. The van der Waals surface area contributed by atoms with Gasteiger partial charge in [0.05, 0.1) is 0 Å². The van der Waals surface area contributed by atoms with Crippen LogP contribution in [0.2, 0.25) is 0 Å². The molecule has 2 unspecified atom stereocenters. The van der Waals surface area contributed by atoms with Crippen molar-refractivity contribution in [2.45, 2.75) is 30.0 Å². The molecule has 0 aromatic rings. The minimum absolute atomic E-state index is 0.508. The van der Waals surface area contributed by atoms with Gasteiger partial charge < -0.3 is 10.8 Å². The Kier molecular flexibility index (Phi) is 2.53. The molecule has 0 aliphatic carbocycles. The van der Waals surface area contributed by atoms with Crippen molar-refractivity contribution >= 4 is 23.6 Å². The molecule has 0 aromatic heterocycles. The zero-order chi connectivity index (χ0) is 10.2. The Bertz CT molecular complexity index is 254. The highest BCUT2D eigenvalue weighted by atomic mass is 32.2. The maximum atomic E-state index is 10.8. The molecule has 1 saturated heterocycles. The second-order valence-electron chi connectivity index (χ2n) is 3.44. The van der Waals surface area contributed by atoms with Crippen molar-refractivity contribution in [3.8, 4) is 0 Å². The van der Waals surface area contributed by atoms with Gasteiger partial charge >= 0.3 is 5.97 Å². The van der Waals surface area contributed by atoms with Crippen LogP contribution in [0.1, 0.15) is 13.8 Å². The molecule has 0 spiro atoms. The summed E-state index contributed by atoms with van der Waals surface area (Å²) in [6.07, 6.45) is 0. The van der Waals surface area contributed by atoms with E-state index in [1.165, 1.54) is 11.8 Å². The van der Waals surface area contributed by atoms with Gasteiger partial charge in [-0.15, -0.1) is 11.8 Å². The molecule has 1 aliphatic rings. The molecule has 1 rings (SSSR count). The highest BCUT2D eigenvalue weighted by molar-refractivity contribution is 8.02. The normalized spacial score (nSPS) is 31.5. The lowest BCUT2D eigenvalue weighted by Gasteiger charge is -2.20. The number of thioether (sulfide) groups is 1. The van der Waals surface area contributed by atoms with E-state index >= 15 is 0 Å². The number of rotatable bonds is 2. The van der Waals surface area contributed by atoms with Gasteiger partial charge in [0.25, 0.3) is 0 Å². The largest absolute Gasteiger partial charge is 0.480 e. The van der Waals surface area contributed by atoms with E-state index in [4.69, 9.17) is 10.8 Å². The van der Waals surface area contributed by atoms with Crippen LogP contribution >= 0.6 is 11.8 Å². The molecule has 1 amide bonds. The van der Waals surface area contributed by atoms with Gasteiger partial charge in [-0.05, 0) is 13.8 Å². The summed E-state index contributed by atoms with van der Waals surface area (Å²) in [5.74, 6) is -1.48. The SMILES string of the molecule is CC1(C)SC(C(N)=O)NC1C(=O)O. The third kappa shape index (κ3) is 1.94. The smallest absolute Gasteiger partial charge is 0.322 e. The molecule has 5 nitrogen and oxygen atoms in total. The van der Waals surface area contributed by atoms with Crippen LogP contribution in [0, 0.1) is 0 Å². The number of carboxylic acids is 1. The molecule has 6 heteroatoms. The van der Waals surface area contributed by atoms with Crippen LogP contribution in [-0.2, 0) is 9.59 Å². The second-order valence-corrected chi connectivity index (χ2v) is 5.20. The van der Waals surface area contributed by atoms with E-state index in [9.17, 15) is 9.59 Å². The van der Waals surface area contributed by atoms with Crippen molar-refractivity contribution in [3.05, 3.63) is 0 Å². The summed E-state index contributed by atoms with van der Waals surface area (Å²) in [4.78, 5) is 21.6. The number of hydrogen-bond donors (Lipinski definition) is 3. The van der Waals surface area contributed by atoms with Crippen molar-refractivity contribution in [1.29, 1.82) is 0 Å². The summed E-state index contributed by atoms with van der Waals surface area (Å²) in [5.41, 5.74) is 5.07. The van der Waals surface area contributed by atoms with Crippen LogP contribution in [0.3, 0.4) is 0 Å². The Balaban J connectivity index is 2.79. The third-order valence-corrected chi connectivity index (χ3v) is 3.39. The van der Waals surface area contributed by atoms with Gasteiger partial charge in [-0.25, -0.2) is 0 Å². The first-order valence-electron chi connectivity index (χ1n) is 3.80. The van der Waals surface area contributed by atoms with Crippen molar-refractivity contribution in [2.75, 3.05) is 0 Å². The number of carboxylic acid groups (broad SMARTS) is 1. The minimum Gasteiger partial charge on any atom is -0.480 e. The van der Waals surface area contributed by atoms with E-state index < -0.39 is 28.0 Å². The maximum absolute atomic E-state index is 10.8. The van der Waals surface area contributed by atoms with Gasteiger partial charge in [-0.2, -0.15) is 0 Å². The molecular weight excluding hydrogens is 192 g/mol. The maximum Gasteiger partial charge on any atom is 0.322 e. The highest BCUT2D eigenvalue weighted by Crippen LogP contribution is 2.37. The van der Waals surface area contributed by atoms with E-state index in [-0.39, 0.29) is 0 Å². The Morgan fingerprint density at radius 3 is 2.31 bits per heavy atom. The average molecular weight is 204 g/mol. The topological polar surface area (TPSA) is 92.4 Å². The fraction of sp³-hybridized carbons (Fsp3) is 0.714. The lowest BCUT2D eigenvalue weighted by atomic mass is 10.0. The van der Waals surface area contributed by atoms with Crippen molar-refractivity contribution in [1.82, 2.24) is 5.32 Å². The number of amides is 1. The van der Waals surface area contributed by atoms with Gasteiger partial charge in [0.1, 0.15) is 11.4 Å². The first kappa shape index (κ1) is 10.3. The van der Waals surface area contributed by atoms with E-state index in [1.54, 1.807) is 13.8 Å². The van der Waals surface area contributed by atoms with Gasteiger partial charge in [0, 0.05) is 4.75 Å². The molecule has 1 heterocycles. The monoisotopic (exact) mass is 204 g/mol. The van der Waals surface area contributed by atoms with Crippen molar-refractivity contribution in [2.24, 2.45) is 5.73 Å². The molecular formula is C7H12N2O3S. The van der Waals surface area contributed by atoms with Gasteiger partial charge in [0.15, 0.2) is 0 Å². The van der Waals surface area contributed by atoms with Crippen molar-refractivity contribution < 1.29 is 14.7 Å². The zero-order valence-corrected chi connectivity index (χ0v) is 8.22. The van der Waals surface area contributed by atoms with Gasteiger partial charge in [0.2, 0.25) is 5.91 Å². The molecule has 0 bridgehead atoms. The van der Waals surface area contributed by atoms with Crippen LogP contribution in [0.25, 0.3) is 0 Å². The number of aliphatic carboxylic acids is 1. The van der Waals surface area contributed by atoms with E-state index in [2.05, 4.69) is 5.32 Å². The molecule has 13 heavy (non-hydrogen) atoms. The van der Waals surface area contributed by atoms with Crippen LogP contribution in [-0.4, -0.2) is 33.1 Å². The fourth-order valence-electron chi connectivity index (χ4n) is 1.27. The van der Waals surface area contributed by atoms with Crippen LogP contribution in [0.5, 0.6) is 0 Å². The number of nitrogens with one attached hydrogen (secondary N) is 1. The molecule has 1 fully saturated rings. The highest BCUT2D eigenvalue weighted by Gasteiger charge is 2.46. The first-order valence-corrected chi connectivity index (χ1v) is 4.68. The predicted molar refractivity (Wildman–Crippen MR) is 49.2 cm³/mol. The van der Waals surface area contributed by atoms with Crippen LogP contribution in [0.15, 0.2) is 0 Å². The van der Waals surface area contributed by atoms with Crippen LogP contribution < -0.4 is 11.1 Å². The Morgan fingerprint density at radius 2 is 2.08 bits per heavy atom. The average Bonchev–Trinajstić information content (AvgIpc) is 2.25. The quantitative estimate of drug-likeness (QED) is 0.556. The summed E-state index contributed by atoms with van der Waals surface area (Å²) in [5, 5.41) is 10.9. The van der Waals surface area contributed by atoms with Gasteiger partial charge in [-0.1, -0.05) is 0 Å². The molecule has 2 atom stereocenters. The Hall–Kier alpha value is -0.750. The number of hydrogen-bond acceptors (Lipinski definition) is 4. The van der Waals surface area contributed by atoms with E-state index in [0.717, 1.165) is 0 Å².